The summed E-state index contributed by atoms with van der Waals surface area (Å²) in [6, 6.07) is 5.58. The Morgan fingerprint density at radius 3 is 2.79 bits per heavy atom. The van der Waals surface area contributed by atoms with E-state index in [1.165, 1.54) is 0 Å². The highest BCUT2D eigenvalue weighted by Gasteiger charge is 2.17. The Hall–Kier alpha value is 0.150. The molecule has 1 aliphatic heterocycles. The van der Waals surface area contributed by atoms with Crippen LogP contribution in [0.3, 0.4) is 0 Å². The van der Waals surface area contributed by atoms with Gasteiger partial charge in [0.1, 0.15) is 0 Å². The first kappa shape index (κ1) is 10.7. The smallest absolute Gasteiger partial charge is 0.155 e. The molecular formula is C9H9Cl2O2P. The molecule has 1 aliphatic rings. The van der Waals surface area contributed by atoms with Crippen LogP contribution < -0.4 is 0 Å². The predicted molar refractivity (Wildman–Crippen MR) is 59.2 cm³/mol. The molecule has 1 aromatic carbocycles. The van der Waals surface area contributed by atoms with Crippen molar-refractivity contribution in [1.29, 1.82) is 0 Å². The monoisotopic (exact) mass is 250 g/mol. The lowest BCUT2D eigenvalue weighted by molar-refractivity contribution is 0.121. The van der Waals surface area contributed by atoms with Crippen LogP contribution in [-0.2, 0) is 9.05 Å². The molecule has 1 saturated heterocycles. The standard InChI is InChI=1S/C9H9Cl2O2P/c10-7-2-1-6(5-8(7)11)9-3-4-12-14-13-9/h1-2,5,9,14H,3-4H2/t9-/m1/s1. The van der Waals surface area contributed by atoms with Gasteiger partial charge in [-0.2, -0.15) is 0 Å². The Balaban J connectivity index is 2.18. The summed E-state index contributed by atoms with van der Waals surface area (Å²) in [5, 5.41) is 1.15. The summed E-state index contributed by atoms with van der Waals surface area (Å²) in [4.78, 5) is 0. The van der Waals surface area contributed by atoms with Crippen LogP contribution in [0.25, 0.3) is 0 Å². The van der Waals surface area contributed by atoms with Crippen LogP contribution in [-0.4, -0.2) is 6.61 Å². The molecule has 1 fully saturated rings. The molecule has 14 heavy (non-hydrogen) atoms. The van der Waals surface area contributed by atoms with Crippen molar-refractivity contribution in [3.8, 4) is 0 Å². The highest BCUT2D eigenvalue weighted by molar-refractivity contribution is 7.26. The van der Waals surface area contributed by atoms with E-state index >= 15 is 0 Å². The van der Waals surface area contributed by atoms with Crippen LogP contribution in [0.1, 0.15) is 18.1 Å². The van der Waals surface area contributed by atoms with Crippen molar-refractivity contribution >= 4 is 32.2 Å². The van der Waals surface area contributed by atoms with E-state index in [-0.39, 0.29) is 15.1 Å². The molecule has 2 atom stereocenters. The molecule has 0 N–H and O–H groups in total. The minimum absolute atomic E-state index is 0.0943. The molecular weight excluding hydrogens is 242 g/mol. The molecule has 2 rings (SSSR count). The van der Waals surface area contributed by atoms with Gasteiger partial charge in [-0.15, -0.1) is 0 Å². The fourth-order valence-corrected chi connectivity index (χ4v) is 2.25. The number of halogens is 2. The largest absolute Gasteiger partial charge is 0.336 e. The number of rotatable bonds is 1. The average Bonchev–Trinajstić information content (AvgIpc) is 2.23. The van der Waals surface area contributed by atoms with Gasteiger partial charge in [-0.1, -0.05) is 29.3 Å². The third kappa shape index (κ3) is 2.39. The van der Waals surface area contributed by atoms with Crippen molar-refractivity contribution in [1.82, 2.24) is 0 Å². The summed E-state index contributed by atoms with van der Waals surface area (Å²) >= 11 is 11.7. The number of hydrogen-bond donors (Lipinski definition) is 0. The second kappa shape index (κ2) is 4.78. The first-order valence-corrected chi connectivity index (χ1v) is 5.82. The molecule has 0 bridgehead atoms. The van der Waals surface area contributed by atoms with Gasteiger partial charge in [0.05, 0.1) is 22.8 Å². The third-order valence-corrected chi connectivity index (χ3v) is 3.49. The second-order valence-corrected chi connectivity index (χ2v) is 4.51. The average molecular weight is 251 g/mol. The zero-order chi connectivity index (χ0) is 9.97. The van der Waals surface area contributed by atoms with Gasteiger partial charge in [0.25, 0.3) is 0 Å². The Labute approximate surface area is 94.4 Å². The molecule has 0 spiro atoms. The van der Waals surface area contributed by atoms with E-state index in [4.69, 9.17) is 32.2 Å². The molecule has 0 amide bonds. The molecule has 1 aromatic rings. The predicted octanol–water partition coefficient (Wildman–Crippen LogP) is 3.98. The third-order valence-electron chi connectivity index (χ3n) is 2.05. The fourth-order valence-electron chi connectivity index (χ4n) is 1.31. The first-order chi connectivity index (χ1) is 6.77. The number of benzene rings is 1. The topological polar surface area (TPSA) is 18.5 Å². The van der Waals surface area contributed by atoms with Crippen LogP contribution in [0.4, 0.5) is 0 Å². The maximum absolute atomic E-state index is 5.92. The lowest BCUT2D eigenvalue weighted by Gasteiger charge is -2.22. The minimum Gasteiger partial charge on any atom is -0.336 e. The molecule has 1 heterocycles. The van der Waals surface area contributed by atoms with Crippen LogP contribution in [0, 0.1) is 0 Å². The Bertz CT molecular complexity index is 327. The highest BCUT2D eigenvalue weighted by atomic mass is 35.5. The SMILES string of the molecule is Clc1ccc([C@H]2CCOPO2)cc1Cl. The van der Waals surface area contributed by atoms with Crippen molar-refractivity contribution in [2.75, 3.05) is 6.61 Å². The Kier molecular flexibility index (Phi) is 3.64. The summed E-state index contributed by atoms with van der Waals surface area (Å²) in [5.74, 6) is 0. The van der Waals surface area contributed by atoms with Gasteiger partial charge in [0.15, 0.2) is 9.03 Å². The lowest BCUT2D eigenvalue weighted by Crippen LogP contribution is -2.07. The fraction of sp³-hybridized carbons (Fsp3) is 0.333. The van der Waals surface area contributed by atoms with Crippen molar-refractivity contribution in [3.05, 3.63) is 33.8 Å². The van der Waals surface area contributed by atoms with Crippen molar-refractivity contribution in [2.45, 2.75) is 12.5 Å². The van der Waals surface area contributed by atoms with Gasteiger partial charge < -0.3 is 9.05 Å². The maximum Gasteiger partial charge on any atom is 0.155 e. The Morgan fingerprint density at radius 1 is 1.29 bits per heavy atom. The van der Waals surface area contributed by atoms with Gasteiger partial charge in [0, 0.05) is 6.42 Å². The van der Waals surface area contributed by atoms with Gasteiger partial charge in [-0.25, -0.2) is 0 Å². The molecule has 0 radical (unpaired) electrons. The van der Waals surface area contributed by atoms with Crippen molar-refractivity contribution in [3.63, 3.8) is 0 Å². The van der Waals surface area contributed by atoms with E-state index < -0.39 is 0 Å². The zero-order valence-corrected chi connectivity index (χ0v) is 9.81. The minimum atomic E-state index is 0.0943. The van der Waals surface area contributed by atoms with E-state index in [1.807, 2.05) is 12.1 Å². The Morgan fingerprint density at radius 2 is 2.14 bits per heavy atom. The summed E-state index contributed by atoms with van der Waals surface area (Å²) in [6.07, 6.45) is 0.960. The van der Waals surface area contributed by atoms with E-state index in [0.717, 1.165) is 18.6 Å². The van der Waals surface area contributed by atoms with Crippen molar-refractivity contribution < 1.29 is 9.05 Å². The number of hydrogen-bond acceptors (Lipinski definition) is 2. The zero-order valence-electron chi connectivity index (χ0n) is 7.30. The second-order valence-electron chi connectivity index (χ2n) is 3.00. The summed E-state index contributed by atoms with van der Waals surface area (Å²) in [5.41, 5.74) is 1.07. The summed E-state index contributed by atoms with van der Waals surface area (Å²) in [7, 11) is 0.126. The quantitative estimate of drug-likeness (QED) is 0.703. The maximum atomic E-state index is 5.92. The van der Waals surface area contributed by atoms with Crippen LogP contribution in [0.5, 0.6) is 0 Å². The van der Waals surface area contributed by atoms with Gasteiger partial charge in [-0.3, -0.25) is 0 Å². The molecule has 0 aliphatic carbocycles. The molecule has 2 nitrogen and oxygen atoms in total. The van der Waals surface area contributed by atoms with Gasteiger partial charge in [-0.05, 0) is 17.7 Å². The van der Waals surface area contributed by atoms with E-state index in [9.17, 15) is 0 Å². The van der Waals surface area contributed by atoms with Crippen LogP contribution in [0.2, 0.25) is 10.0 Å². The highest BCUT2D eigenvalue weighted by Crippen LogP contribution is 2.36. The molecule has 0 saturated carbocycles. The summed E-state index contributed by atoms with van der Waals surface area (Å²) in [6.45, 7) is 0.739. The van der Waals surface area contributed by atoms with Crippen LogP contribution in [0.15, 0.2) is 18.2 Å². The normalized spacial score (nSPS) is 24.0. The van der Waals surface area contributed by atoms with Crippen LogP contribution >= 0.6 is 32.2 Å². The van der Waals surface area contributed by atoms with Gasteiger partial charge in [0.2, 0.25) is 0 Å². The van der Waals surface area contributed by atoms with Gasteiger partial charge >= 0.3 is 0 Å². The van der Waals surface area contributed by atoms with E-state index in [1.54, 1.807) is 6.07 Å². The molecule has 1 unspecified atom stereocenters. The lowest BCUT2D eigenvalue weighted by atomic mass is 10.1. The molecule has 0 aromatic heterocycles. The first-order valence-electron chi connectivity index (χ1n) is 4.25. The van der Waals surface area contributed by atoms with E-state index in [0.29, 0.717) is 10.0 Å². The van der Waals surface area contributed by atoms with Crippen molar-refractivity contribution in [2.24, 2.45) is 0 Å². The summed E-state index contributed by atoms with van der Waals surface area (Å²) < 4.78 is 10.6. The molecule has 76 valence electrons. The molecule has 5 heteroatoms. The van der Waals surface area contributed by atoms with E-state index in [2.05, 4.69) is 0 Å².